The van der Waals surface area contributed by atoms with E-state index in [4.69, 9.17) is 11.6 Å². The zero-order valence-electron chi connectivity index (χ0n) is 19.1. The fraction of sp³-hybridized carbons (Fsp3) is 0.333. The highest BCUT2D eigenvalue weighted by atomic mass is 35.5. The zero-order valence-corrected chi connectivity index (χ0v) is 20.7. The van der Waals surface area contributed by atoms with E-state index in [1.54, 1.807) is 16.2 Å². The second kappa shape index (κ2) is 10.5. The van der Waals surface area contributed by atoms with Crippen molar-refractivity contribution in [1.82, 2.24) is 9.80 Å². The maximum absolute atomic E-state index is 13.6. The molecule has 1 aromatic heterocycles. The van der Waals surface area contributed by atoms with Crippen molar-refractivity contribution in [1.29, 1.82) is 0 Å². The quantitative estimate of drug-likeness (QED) is 0.416. The van der Waals surface area contributed by atoms with E-state index in [9.17, 15) is 9.59 Å². The van der Waals surface area contributed by atoms with Gasteiger partial charge < -0.3 is 9.80 Å². The van der Waals surface area contributed by atoms with E-state index < -0.39 is 0 Å². The minimum absolute atomic E-state index is 0.0289. The van der Waals surface area contributed by atoms with E-state index in [1.165, 1.54) is 16.0 Å². The maximum atomic E-state index is 13.6. The zero-order chi connectivity index (χ0) is 23.4. The molecule has 4 nitrogen and oxygen atoms in total. The van der Waals surface area contributed by atoms with Gasteiger partial charge in [0, 0.05) is 28.6 Å². The Morgan fingerprint density at radius 2 is 1.79 bits per heavy atom. The molecular formula is C27H29ClN2O2S. The molecule has 1 aliphatic rings. The third-order valence-electron chi connectivity index (χ3n) is 6.19. The molecule has 33 heavy (non-hydrogen) atoms. The molecule has 172 valence electrons. The molecule has 0 aliphatic carbocycles. The molecule has 0 N–H and O–H groups in total. The van der Waals surface area contributed by atoms with Crippen molar-refractivity contribution >= 4 is 34.8 Å². The third-order valence-corrected chi connectivity index (χ3v) is 7.44. The van der Waals surface area contributed by atoms with Crippen LogP contribution in [0.2, 0.25) is 5.02 Å². The van der Waals surface area contributed by atoms with Gasteiger partial charge in [-0.3, -0.25) is 9.59 Å². The molecule has 2 amide bonds. The van der Waals surface area contributed by atoms with E-state index in [-0.39, 0.29) is 24.4 Å². The first-order valence-corrected chi connectivity index (χ1v) is 12.8. The first kappa shape index (κ1) is 23.5. The fourth-order valence-electron chi connectivity index (χ4n) is 4.43. The number of nitrogens with zero attached hydrogens (tertiary/aromatic N) is 2. The predicted octanol–water partition coefficient (Wildman–Crippen LogP) is 5.99. The lowest BCUT2D eigenvalue weighted by atomic mass is 9.93. The number of aryl methyl sites for hydroxylation is 1. The Morgan fingerprint density at radius 3 is 2.45 bits per heavy atom. The lowest BCUT2D eigenvalue weighted by molar-refractivity contribution is -0.134. The average Bonchev–Trinajstić information content (AvgIpc) is 3.32. The van der Waals surface area contributed by atoms with Crippen LogP contribution in [0, 0.1) is 0 Å². The monoisotopic (exact) mass is 480 g/mol. The van der Waals surface area contributed by atoms with Crippen molar-refractivity contribution in [2.45, 2.75) is 39.2 Å². The number of fused-ring (bicyclic) bond motifs is 1. The first-order valence-electron chi connectivity index (χ1n) is 11.5. The van der Waals surface area contributed by atoms with Crippen LogP contribution in [0.4, 0.5) is 0 Å². The summed E-state index contributed by atoms with van der Waals surface area (Å²) in [7, 11) is 0. The minimum Gasteiger partial charge on any atom is -0.330 e. The fourth-order valence-corrected chi connectivity index (χ4v) is 5.46. The second-order valence-corrected chi connectivity index (χ2v) is 9.80. The summed E-state index contributed by atoms with van der Waals surface area (Å²) < 4.78 is 0. The van der Waals surface area contributed by atoms with Crippen molar-refractivity contribution in [3.8, 4) is 0 Å². The van der Waals surface area contributed by atoms with Gasteiger partial charge in [-0.25, -0.2) is 0 Å². The lowest BCUT2D eigenvalue weighted by Gasteiger charge is -2.37. The van der Waals surface area contributed by atoms with Crippen LogP contribution in [0.15, 0.2) is 60.0 Å². The van der Waals surface area contributed by atoms with Gasteiger partial charge in [0.05, 0.1) is 6.04 Å². The van der Waals surface area contributed by atoms with Crippen molar-refractivity contribution in [2.75, 3.05) is 19.6 Å². The molecule has 0 spiro atoms. The van der Waals surface area contributed by atoms with Crippen molar-refractivity contribution in [2.24, 2.45) is 0 Å². The smallest absolute Gasteiger partial charge is 0.254 e. The second-order valence-electron chi connectivity index (χ2n) is 8.37. The summed E-state index contributed by atoms with van der Waals surface area (Å²) in [5.41, 5.74) is 4.03. The number of benzene rings is 2. The summed E-state index contributed by atoms with van der Waals surface area (Å²) in [4.78, 5) is 31.8. The number of rotatable bonds is 7. The molecule has 1 unspecified atom stereocenters. The summed E-state index contributed by atoms with van der Waals surface area (Å²) in [5.74, 6) is -0.122. The van der Waals surface area contributed by atoms with Gasteiger partial charge in [-0.1, -0.05) is 49.7 Å². The van der Waals surface area contributed by atoms with Crippen LogP contribution >= 0.6 is 22.9 Å². The molecule has 0 bridgehead atoms. The Hall–Kier alpha value is -2.63. The van der Waals surface area contributed by atoms with E-state index in [2.05, 4.69) is 18.4 Å². The number of carbonyl (C=O) groups excluding carboxylic acids is 2. The summed E-state index contributed by atoms with van der Waals surface area (Å²) >= 11 is 7.86. The van der Waals surface area contributed by atoms with Crippen molar-refractivity contribution < 1.29 is 9.59 Å². The van der Waals surface area contributed by atoms with Crippen molar-refractivity contribution in [3.05, 3.63) is 92.1 Å². The van der Waals surface area contributed by atoms with Gasteiger partial charge in [-0.05, 0) is 71.7 Å². The highest BCUT2D eigenvalue weighted by Gasteiger charge is 2.34. The molecule has 6 heteroatoms. The van der Waals surface area contributed by atoms with Gasteiger partial charge in [-0.2, -0.15) is 0 Å². The van der Waals surface area contributed by atoms with Crippen LogP contribution in [0.1, 0.15) is 58.2 Å². The van der Waals surface area contributed by atoms with Crippen molar-refractivity contribution in [3.63, 3.8) is 0 Å². The van der Waals surface area contributed by atoms with Gasteiger partial charge in [0.2, 0.25) is 5.91 Å². The number of thiophene rings is 1. The Balaban J connectivity index is 1.58. The standard InChI is InChI=1S/C27H29ClN2O2S/c1-3-15-29(27(32)21-7-5-19(4-2)6-8-21)18-25(31)30-16-13-24-23(14-17-33-24)26(30)20-9-11-22(28)12-10-20/h5-12,14,17,26H,3-4,13,15-16,18H2,1-2H3. The SMILES string of the molecule is CCCN(CC(=O)N1CCc2sccc2C1c1ccc(Cl)cc1)C(=O)c1ccc(CC)cc1. The van der Waals surface area contributed by atoms with Gasteiger partial charge >= 0.3 is 0 Å². The Bertz CT molecular complexity index is 1110. The molecule has 0 fully saturated rings. The van der Waals surface area contributed by atoms with Crippen LogP contribution in [-0.2, 0) is 17.6 Å². The number of hydrogen-bond donors (Lipinski definition) is 0. The molecule has 2 aromatic carbocycles. The van der Waals surface area contributed by atoms with E-state index >= 15 is 0 Å². The van der Waals surface area contributed by atoms with Gasteiger partial charge in [0.15, 0.2) is 0 Å². The third kappa shape index (κ3) is 5.15. The Morgan fingerprint density at radius 1 is 1.06 bits per heavy atom. The molecule has 1 atom stereocenters. The lowest BCUT2D eigenvalue weighted by Crippen LogP contribution is -2.47. The molecule has 2 heterocycles. The Kier molecular flexibility index (Phi) is 7.51. The van der Waals surface area contributed by atoms with Gasteiger partial charge in [-0.15, -0.1) is 11.3 Å². The van der Waals surface area contributed by atoms with E-state index in [0.717, 1.165) is 24.8 Å². The van der Waals surface area contributed by atoms with Crippen LogP contribution < -0.4 is 0 Å². The van der Waals surface area contributed by atoms with E-state index in [0.29, 0.717) is 23.7 Å². The number of halogens is 1. The van der Waals surface area contributed by atoms with Crippen LogP contribution in [-0.4, -0.2) is 41.2 Å². The topological polar surface area (TPSA) is 40.6 Å². The molecule has 1 aliphatic heterocycles. The summed E-state index contributed by atoms with van der Waals surface area (Å²) in [5, 5.41) is 2.76. The summed E-state index contributed by atoms with van der Waals surface area (Å²) in [6.45, 7) is 5.38. The van der Waals surface area contributed by atoms with Gasteiger partial charge in [0.25, 0.3) is 5.91 Å². The summed E-state index contributed by atoms with van der Waals surface area (Å²) in [6.07, 6.45) is 2.56. The molecule has 3 aromatic rings. The first-order chi connectivity index (χ1) is 16.0. The maximum Gasteiger partial charge on any atom is 0.254 e. The molecule has 0 saturated carbocycles. The number of amides is 2. The average molecular weight is 481 g/mol. The predicted molar refractivity (Wildman–Crippen MR) is 135 cm³/mol. The van der Waals surface area contributed by atoms with Gasteiger partial charge in [0.1, 0.15) is 6.54 Å². The highest BCUT2D eigenvalue weighted by Crippen LogP contribution is 2.38. The molecule has 0 radical (unpaired) electrons. The van der Waals surface area contributed by atoms with Crippen LogP contribution in [0.5, 0.6) is 0 Å². The summed E-state index contributed by atoms with van der Waals surface area (Å²) in [6, 6.07) is 17.4. The molecular weight excluding hydrogens is 452 g/mol. The minimum atomic E-state index is -0.160. The normalized spacial score (nSPS) is 15.2. The largest absolute Gasteiger partial charge is 0.330 e. The molecule has 4 rings (SSSR count). The highest BCUT2D eigenvalue weighted by molar-refractivity contribution is 7.10. The number of hydrogen-bond acceptors (Lipinski definition) is 3. The Labute approximate surface area is 204 Å². The van der Waals surface area contributed by atoms with Crippen LogP contribution in [0.25, 0.3) is 0 Å². The van der Waals surface area contributed by atoms with Crippen LogP contribution in [0.3, 0.4) is 0 Å². The molecule has 0 saturated heterocycles. The van der Waals surface area contributed by atoms with E-state index in [1.807, 2.05) is 60.4 Å². The number of carbonyl (C=O) groups is 2.